The van der Waals surface area contributed by atoms with E-state index in [1.54, 1.807) is 66.8 Å². The molecule has 3 aromatic carbocycles. The molecule has 12 heteroatoms. The van der Waals surface area contributed by atoms with Gasteiger partial charge in [0, 0.05) is 28.2 Å². The van der Waals surface area contributed by atoms with E-state index >= 15 is 4.79 Å². The molecule has 5 bridgehead atoms. The van der Waals surface area contributed by atoms with Crippen molar-refractivity contribution in [2.24, 2.45) is 11.8 Å². The van der Waals surface area contributed by atoms with Crippen LogP contribution in [0.2, 0.25) is 5.02 Å². The van der Waals surface area contributed by atoms with Gasteiger partial charge in [0.2, 0.25) is 11.8 Å². The molecule has 2 fully saturated rings. The van der Waals surface area contributed by atoms with E-state index < -0.39 is 72.0 Å². The van der Waals surface area contributed by atoms with Crippen molar-refractivity contribution in [2.75, 3.05) is 24.7 Å². The summed E-state index contributed by atoms with van der Waals surface area (Å²) in [7, 11) is 0. The first-order valence-corrected chi connectivity index (χ1v) is 17.7. The number of aliphatic hydroxyl groups is 1. The van der Waals surface area contributed by atoms with Crippen LogP contribution >= 0.6 is 27.5 Å². The predicted octanol–water partition coefficient (Wildman–Crippen LogP) is 5.03. The minimum absolute atomic E-state index is 0.0955. The van der Waals surface area contributed by atoms with Gasteiger partial charge in [-0.1, -0.05) is 100 Å². The summed E-state index contributed by atoms with van der Waals surface area (Å²) in [6, 6.07) is 22.0. The maximum Gasteiger partial charge on any atom is 0.306 e. The van der Waals surface area contributed by atoms with Gasteiger partial charge in [0.05, 0.1) is 30.5 Å². The zero-order valence-corrected chi connectivity index (χ0v) is 29.2. The Morgan fingerprint density at radius 2 is 1.64 bits per heavy atom. The second-order valence-electron chi connectivity index (χ2n) is 12.8. The maximum atomic E-state index is 15.2. The van der Waals surface area contributed by atoms with Gasteiger partial charge in [-0.2, -0.15) is 0 Å². The van der Waals surface area contributed by atoms with Crippen molar-refractivity contribution >= 4 is 56.9 Å². The summed E-state index contributed by atoms with van der Waals surface area (Å²) < 4.78 is 12.9. The molecule has 0 aromatic heterocycles. The Morgan fingerprint density at radius 3 is 2.34 bits per heavy atom. The number of carbonyl (C=O) groups excluding carboxylic acids is 4. The number of carbonyl (C=O) groups is 4. The second-order valence-corrected chi connectivity index (χ2v) is 14.1. The number of nitrogens with one attached hydrogen (secondary N) is 1. The van der Waals surface area contributed by atoms with E-state index in [1.165, 1.54) is 9.80 Å². The average molecular weight is 761 g/mol. The Hall–Kier alpha value is -4.29. The van der Waals surface area contributed by atoms with Crippen molar-refractivity contribution in [3.8, 4) is 0 Å². The summed E-state index contributed by atoms with van der Waals surface area (Å²) in [5, 5.41) is 14.4. The van der Waals surface area contributed by atoms with Crippen LogP contribution in [-0.2, 0) is 28.7 Å². The molecule has 1 spiro atoms. The van der Waals surface area contributed by atoms with Gasteiger partial charge in [0.1, 0.15) is 24.4 Å². The minimum atomic E-state index is -1.54. The van der Waals surface area contributed by atoms with E-state index in [9.17, 15) is 19.5 Å². The lowest BCUT2D eigenvalue weighted by Gasteiger charge is -2.38. The highest BCUT2D eigenvalue weighted by Gasteiger charge is 2.75. The number of esters is 1. The van der Waals surface area contributed by atoms with Crippen LogP contribution in [0.4, 0.5) is 5.69 Å². The smallest absolute Gasteiger partial charge is 0.306 e. The predicted molar refractivity (Wildman–Crippen MR) is 189 cm³/mol. The van der Waals surface area contributed by atoms with Crippen LogP contribution in [0.3, 0.4) is 0 Å². The quantitative estimate of drug-likeness (QED) is 0.276. The monoisotopic (exact) mass is 759 g/mol. The van der Waals surface area contributed by atoms with E-state index in [0.717, 1.165) is 5.56 Å². The van der Waals surface area contributed by atoms with Gasteiger partial charge in [-0.05, 0) is 47.9 Å². The first kappa shape index (κ1) is 34.2. The molecule has 10 nitrogen and oxygen atoms in total. The summed E-state index contributed by atoms with van der Waals surface area (Å²) in [6.45, 7) is -0.497. The zero-order valence-electron chi connectivity index (χ0n) is 26.9. The first-order chi connectivity index (χ1) is 24.2. The Morgan fingerprint density at radius 1 is 0.940 bits per heavy atom. The number of ether oxygens (including phenoxy) is 2. The summed E-state index contributed by atoms with van der Waals surface area (Å²) in [6.07, 6.45) is 4.93. The fourth-order valence-electron chi connectivity index (χ4n) is 7.61. The van der Waals surface area contributed by atoms with Crippen molar-refractivity contribution in [3.05, 3.63) is 124 Å². The van der Waals surface area contributed by atoms with E-state index in [1.807, 2.05) is 36.4 Å². The first-order valence-electron chi connectivity index (χ1n) is 16.5. The molecule has 3 aromatic rings. The summed E-state index contributed by atoms with van der Waals surface area (Å²) >= 11 is 9.83. The van der Waals surface area contributed by atoms with E-state index in [-0.39, 0.29) is 19.6 Å². The van der Waals surface area contributed by atoms with Gasteiger partial charge >= 0.3 is 5.97 Å². The normalized spacial score (nSPS) is 29.7. The Balaban J connectivity index is 1.38. The van der Waals surface area contributed by atoms with E-state index in [2.05, 4.69) is 21.2 Å². The van der Waals surface area contributed by atoms with Gasteiger partial charge in [0.15, 0.2) is 0 Å². The van der Waals surface area contributed by atoms with Crippen molar-refractivity contribution in [1.29, 1.82) is 0 Å². The third-order valence-corrected chi connectivity index (χ3v) is 10.8. The lowest BCUT2D eigenvalue weighted by Crippen LogP contribution is -2.57. The van der Waals surface area contributed by atoms with Gasteiger partial charge in [-0.3, -0.25) is 19.2 Å². The molecule has 4 heterocycles. The molecule has 7 rings (SSSR count). The maximum absolute atomic E-state index is 15.2. The average Bonchev–Trinajstić information content (AvgIpc) is 3.72. The highest BCUT2D eigenvalue weighted by Crippen LogP contribution is 2.60. The molecule has 4 aliphatic rings. The van der Waals surface area contributed by atoms with E-state index in [0.29, 0.717) is 27.2 Å². The molecule has 0 aliphatic carbocycles. The third-order valence-electron chi connectivity index (χ3n) is 9.90. The Labute approximate surface area is 302 Å². The molecule has 4 aliphatic heterocycles. The summed E-state index contributed by atoms with van der Waals surface area (Å²) in [5.41, 5.74) is 0.320. The topological polar surface area (TPSA) is 125 Å². The molecule has 50 heavy (non-hydrogen) atoms. The van der Waals surface area contributed by atoms with Gasteiger partial charge in [0.25, 0.3) is 5.91 Å². The van der Waals surface area contributed by atoms with Crippen LogP contribution in [0.5, 0.6) is 0 Å². The van der Waals surface area contributed by atoms with Crippen LogP contribution < -0.4 is 10.2 Å². The molecular weight excluding hydrogens is 726 g/mol. The highest BCUT2D eigenvalue weighted by molar-refractivity contribution is 9.11. The van der Waals surface area contributed by atoms with E-state index in [4.69, 9.17) is 21.1 Å². The Bertz CT molecular complexity index is 1840. The summed E-state index contributed by atoms with van der Waals surface area (Å²) in [5.74, 6) is -4.02. The van der Waals surface area contributed by atoms with Crippen molar-refractivity contribution in [3.63, 3.8) is 0 Å². The molecule has 0 radical (unpaired) electrons. The van der Waals surface area contributed by atoms with Crippen LogP contribution in [0.25, 0.3) is 0 Å². The number of halogens is 2. The highest BCUT2D eigenvalue weighted by atomic mass is 79.9. The molecule has 2 N–H and O–H groups in total. The van der Waals surface area contributed by atoms with Crippen molar-refractivity contribution in [1.82, 2.24) is 10.2 Å². The molecule has 7 atom stereocenters. The molecule has 2 saturated heterocycles. The number of amides is 3. The second kappa shape index (κ2) is 14.1. The number of nitrogens with zero attached hydrogens (tertiary/aromatic N) is 2. The molecular formula is C38H35BrClN3O7. The third kappa shape index (κ3) is 6.06. The standard InChI is InChI=1S/C38H35BrClN3O7/c39-27-20-38-32-31(33(27)50-38)35(46)41-28(23-10-4-1-5-11-23)22-49-30(45)14-8-3-9-19-42(26-17-15-25(40)16-18-26)37(48)34(38)43(36(32)47)29(21-44)24-12-6-2-7-13-24/h1-7,9-13,15-18,20,28-29,31-34,44H,8,14,19,21-22H2,(H,41,46)/b9-3-/t28-,29-,31-,32+,33-,34-,38+/m1/s1. The Kier molecular flexibility index (Phi) is 9.67. The SMILES string of the molecule is O=C1CC/C=C\CN(c2ccc(Cl)cc2)C(=O)[C@H]2N([C@H](CO)c3ccccc3)C(=O)[C@@H]3[C@@H](C(=O)N[C@@H](c4ccccc4)CO1)[C@@H]1O[C@@]32C=C1Br. The molecule has 258 valence electrons. The fourth-order valence-corrected chi connectivity index (χ4v) is 8.48. The zero-order chi connectivity index (χ0) is 35.0. The molecule has 0 saturated carbocycles. The lowest BCUT2D eigenvalue weighted by molar-refractivity contribution is -0.146. The number of rotatable bonds is 5. The number of benzene rings is 3. The minimum Gasteiger partial charge on any atom is -0.463 e. The number of cyclic esters (lactones) is 1. The van der Waals surface area contributed by atoms with Crippen LogP contribution in [0.15, 0.2) is 108 Å². The lowest BCUT2D eigenvalue weighted by atomic mass is 9.74. The van der Waals surface area contributed by atoms with Gasteiger partial charge < -0.3 is 29.7 Å². The number of likely N-dealkylation sites (tertiary alicyclic amines) is 1. The number of hydrogen-bond acceptors (Lipinski definition) is 7. The number of anilines is 1. The van der Waals surface area contributed by atoms with Gasteiger partial charge in [-0.25, -0.2) is 0 Å². The van der Waals surface area contributed by atoms with Crippen molar-refractivity contribution < 1.29 is 33.8 Å². The van der Waals surface area contributed by atoms with Crippen LogP contribution in [0.1, 0.15) is 36.1 Å². The summed E-state index contributed by atoms with van der Waals surface area (Å²) in [4.78, 5) is 60.3. The number of fused-ring (bicyclic) bond motifs is 2. The number of allylic oxidation sites excluding steroid dienone is 1. The molecule has 3 amide bonds. The number of hydrogen-bond donors (Lipinski definition) is 2. The largest absolute Gasteiger partial charge is 0.463 e. The van der Waals surface area contributed by atoms with Gasteiger partial charge in [-0.15, -0.1) is 0 Å². The fraction of sp³-hybridized carbons (Fsp3) is 0.316. The van der Waals surface area contributed by atoms with Crippen LogP contribution in [-0.4, -0.2) is 71.2 Å². The number of aliphatic hydroxyl groups excluding tert-OH is 1. The molecule has 0 unspecified atom stereocenters. The van der Waals surface area contributed by atoms with Crippen molar-refractivity contribution in [2.45, 2.75) is 42.7 Å². The van der Waals surface area contributed by atoms with Crippen LogP contribution in [0, 0.1) is 11.8 Å².